The zero-order chi connectivity index (χ0) is 11.5. The summed E-state index contributed by atoms with van der Waals surface area (Å²) in [5, 5.41) is 17.5. The predicted octanol–water partition coefficient (Wildman–Crippen LogP) is -0.207. The summed E-state index contributed by atoms with van der Waals surface area (Å²) in [5.41, 5.74) is 4.49. The van der Waals surface area contributed by atoms with Crippen LogP contribution in [0.4, 0.5) is 0 Å². The van der Waals surface area contributed by atoms with Crippen LogP contribution in [0.3, 0.4) is 0 Å². The molecule has 0 bridgehead atoms. The fraction of sp³-hybridized carbons (Fsp3) is 0.429. The third kappa shape index (κ3) is 2.62. The lowest BCUT2D eigenvalue weighted by Crippen LogP contribution is -2.53. The molecule has 0 saturated carbocycles. The average Bonchev–Trinajstić information content (AvgIpc) is 2.68. The molecule has 1 rings (SSSR count). The fourth-order valence-electron chi connectivity index (χ4n) is 0.802. The zero-order valence-corrected chi connectivity index (χ0v) is 9.08. The second kappa shape index (κ2) is 4.22. The van der Waals surface area contributed by atoms with Gasteiger partial charge in [0.25, 0.3) is 5.91 Å². The lowest BCUT2D eigenvalue weighted by molar-refractivity contribution is 0.0935. The van der Waals surface area contributed by atoms with Gasteiger partial charge in [0.1, 0.15) is 4.88 Å². The van der Waals surface area contributed by atoms with Crippen LogP contribution in [0, 0.1) is 0 Å². The highest BCUT2D eigenvalue weighted by atomic mass is 32.1. The van der Waals surface area contributed by atoms with E-state index in [1.807, 2.05) is 0 Å². The molecule has 0 aliphatic heterocycles. The van der Waals surface area contributed by atoms with Crippen molar-refractivity contribution in [3.8, 4) is 0 Å². The molecule has 8 heteroatoms. The van der Waals surface area contributed by atoms with Gasteiger partial charge in [-0.1, -0.05) is 9.64 Å². The van der Waals surface area contributed by atoms with Gasteiger partial charge in [0.2, 0.25) is 0 Å². The largest absolute Gasteiger partial charge is 0.409 e. The number of aromatic nitrogens is 2. The Morgan fingerprint density at radius 1 is 1.73 bits per heavy atom. The molecule has 0 unspecified atom stereocenters. The molecule has 1 heterocycles. The first-order valence-electron chi connectivity index (χ1n) is 4.05. The third-order valence-corrected chi connectivity index (χ3v) is 2.42. The summed E-state index contributed by atoms with van der Waals surface area (Å²) in [6, 6.07) is 0. The van der Waals surface area contributed by atoms with Crippen molar-refractivity contribution in [2.24, 2.45) is 10.9 Å². The highest BCUT2D eigenvalue weighted by molar-refractivity contribution is 7.07. The van der Waals surface area contributed by atoms with Gasteiger partial charge in [-0.05, 0) is 25.4 Å². The van der Waals surface area contributed by atoms with Gasteiger partial charge in [0, 0.05) is 0 Å². The van der Waals surface area contributed by atoms with Gasteiger partial charge in [-0.15, -0.1) is 5.10 Å². The highest BCUT2D eigenvalue weighted by Gasteiger charge is 2.26. The monoisotopic (exact) mass is 229 g/mol. The molecule has 0 aliphatic carbocycles. The Morgan fingerprint density at radius 3 is 2.87 bits per heavy atom. The summed E-state index contributed by atoms with van der Waals surface area (Å²) >= 11 is 0.975. The number of nitrogens with two attached hydrogens (primary N) is 1. The number of amides is 1. The Balaban J connectivity index is 2.75. The molecule has 0 atom stereocenters. The SMILES string of the molecule is CC(C)(NC(=O)c1cnns1)C(N)=NO. The second-order valence-electron chi connectivity index (χ2n) is 3.35. The number of hydrogen-bond donors (Lipinski definition) is 3. The van der Waals surface area contributed by atoms with Crippen molar-refractivity contribution >= 4 is 23.3 Å². The minimum atomic E-state index is -0.921. The van der Waals surface area contributed by atoms with E-state index in [9.17, 15) is 4.79 Å². The van der Waals surface area contributed by atoms with Gasteiger partial charge in [-0.25, -0.2) is 0 Å². The Bertz CT molecular complexity index is 373. The van der Waals surface area contributed by atoms with Gasteiger partial charge in [0.15, 0.2) is 5.84 Å². The Labute approximate surface area is 90.1 Å². The molecule has 0 radical (unpaired) electrons. The standard InChI is InChI=1S/C7H11N5O2S/c1-7(2,6(8)11-14)10-5(13)4-3-9-12-15-4/h3,14H,1-2H3,(H2,8,11)(H,10,13). The topological polar surface area (TPSA) is 113 Å². The van der Waals surface area contributed by atoms with Gasteiger partial charge < -0.3 is 16.3 Å². The van der Waals surface area contributed by atoms with Crippen molar-refractivity contribution in [3.63, 3.8) is 0 Å². The van der Waals surface area contributed by atoms with Gasteiger partial charge in [0.05, 0.1) is 11.7 Å². The minimum Gasteiger partial charge on any atom is -0.409 e. The van der Waals surface area contributed by atoms with Crippen LogP contribution < -0.4 is 11.1 Å². The number of amidine groups is 1. The van der Waals surface area contributed by atoms with Crippen molar-refractivity contribution in [3.05, 3.63) is 11.1 Å². The smallest absolute Gasteiger partial charge is 0.265 e. The number of rotatable bonds is 3. The molecule has 0 aromatic carbocycles. The fourth-order valence-corrected chi connectivity index (χ4v) is 1.21. The summed E-state index contributed by atoms with van der Waals surface area (Å²) in [7, 11) is 0. The molecular weight excluding hydrogens is 218 g/mol. The maximum absolute atomic E-state index is 11.6. The number of nitrogens with zero attached hydrogens (tertiary/aromatic N) is 3. The number of carbonyl (C=O) groups is 1. The summed E-state index contributed by atoms with van der Waals surface area (Å²) in [6.07, 6.45) is 1.35. The van der Waals surface area contributed by atoms with E-state index < -0.39 is 5.54 Å². The van der Waals surface area contributed by atoms with Crippen molar-refractivity contribution in [1.82, 2.24) is 14.9 Å². The Kier molecular flexibility index (Phi) is 3.20. The van der Waals surface area contributed by atoms with E-state index in [4.69, 9.17) is 10.9 Å². The van der Waals surface area contributed by atoms with E-state index in [2.05, 4.69) is 20.1 Å². The van der Waals surface area contributed by atoms with Crippen LogP contribution in [0.25, 0.3) is 0 Å². The molecule has 0 aliphatic rings. The molecule has 1 amide bonds. The third-order valence-electron chi connectivity index (χ3n) is 1.76. The van der Waals surface area contributed by atoms with Crippen LogP contribution >= 0.6 is 11.5 Å². The molecule has 15 heavy (non-hydrogen) atoms. The number of oxime groups is 1. The first-order chi connectivity index (χ1) is 6.97. The van der Waals surface area contributed by atoms with Gasteiger partial charge in [-0.3, -0.25) is 4.79 Å². The Hall–Kier alpha value is -1.70. The molecular formula is C7H11N5O2S. The van der Waals surface area contributed by atoms with Crippen LogP contribution in [-0.4, -0.2) is 32.1 Å². The summed E-state index contributed by atoms with van der Waals surface area (Å²) in [5.74, 6) is -0.435. The van der Waals surface area contributed by atoms with E-state index in [-0.39, 0.29) is 11.7 Å². The van der Waals surface area contributed by atoms with E-state index in [1.165, 1.54) is 6.20 Å². The van der Waals surface area contributed by atoms with Crippen LogP contribution in [0.2, 0.25) is 0 Å². The van der Waals surface area contributed by atoms with E-state index in [0.717, 1.165) is 11.5 Å². The van der Waals surface area contributed by atoms with Crippen molar-refractivity contribution < 1.29 is 10.0 Å². The molecule has 0 fully saturated rings. The van der Waals surface area contributed by atoms with Crippen LogP contribution in [0.1, 0.15) is 23.5 Å². The lowest BCUT2D eigenvalue weighted by Gasteiger charge is -2.23. The summed E-state index contributed by atoms with van der Waals surface area (Å²) < 4.78 is 3.56. The molecule has 0 saturated heterocycles. The van der Waals surface area contributed by atoms with Crippen molar-refractivity contribution in [1.29, 1.82) is 0 Å². The number of carbonyl (C=O) groups excluding carboxylic acids is 1. The first kappa shape index (κ1) is 11.4. The van der Waals surface area contributed by atoms with Gasteiger partial charge in [-0.2, -0.15) is 0 Å². The predicted molar refractivity (Wildman–Crippen MR) is 54.9 cm³/mol. The maximum Gasteiger partial charge on any atom is 0.265 e. The van der Waals surface area contributed by atoms with Gasteiger partial charge >= 0.3 is 0 Å². The normalized spacial score (nSPS) is 12.5. The average molecular weight is 229 g/mol. The van der Waals surface area contributed by atoms with Crippen molar-refractivity contribution in [2.45, 2.75) is 19.4 Å². The highest BCUT2D eigenvalue weighted by Crippen LogP contribution is 2.07. The van der Waals surface area contributed by atoms with Crippen molar-refractivity contribution in [2.75, 3.05) is 0 Å². The molecule has 7 nitrogen and oxygen atoms in total. The molecule has 1 aromatic heterocycles. The maximum atomic E-state index is 11.6. The van der Waals surface area contributed by atoms with E-state index >= 15 is 0 Å². The molecule has 0 spiro atoms. The number of hydrogen-bond acceptors (Lipinski definition) is 6. The van der Waals surface area contributed by atoms with Crippen LogP contribution in [0.15, 0.2) is 11.4 Å². The quantitative estimate of drug-likeness (QED) is 0.287. The van der Waals surface area contributed by atoms with Crippen LogP contribution in [0.5, 0.6) is 0 Å². The molecule has 82 valence electrons. The second-order valence-corrected chi connectivity index (χ2v) is 4.13. The van der Waals surface area contributed by atoms with Crippen LogP contribution in [-0.2, 0) is 0 Å². The summed E-state index contributed by atoms with van der Waals surface area (Å²) in [6.45, 7) is 3.24. The zero-order valence-electron chi connectivity index (χ0n) is 8.26. The Morgan fingerprint density at radius 2 is 2.40 bits per heavy atom. The van der Waals surface area contributed by atoms with E-state index in [0.29, 0.717) is 4.88 Å². The molecule has 4 N–H and O–H groups in total. The van der Waals surface area contributed by atoms with E-state index in [1.54, 1.807) is 13.8 Å². The number of nitrogens with one attached hydrogen (secondary N) is 1. The summed E-state index contributed by atoms with van der Waals surface area (Å²) in [4.78, 5) is 11.9. The minimum absolute atomic E-state index is 0.0756. The first-order valence-corrected chi connectivity index (χ1v) is 4.82. The lowest BCUT2D eigenvalue weighted by atomic mass is 10.0. The molecule has 1 aromatic rings.